The van der Waals surface area contributed by atoms with E-state index in [1.807, 2.05) is 32.4 Å². The lowest BCUT2D eigenvalue weighted by Gasteiger charge is -2.34. The van der Waals surface area contributed by atoms with Gasteiger partial charge in [0.25, 0.3) is 0 Å². The Hall–Kier alpha value is -3.32. The van der Waals surface area contributed by atoms with Crippen LogP contribution in [0.4, 0.5) is 0 Å². The summed E-state index contributed by atoms with van der Waals surface area (Å²) in [6, 6.07) is 21.7. The lowest BCUT2D eigenvalue weighted by molar-refractivity contribution is 0.158. The van der Waals surface area contributed by atoms with Crippen LogP contribution in [-0.2, 0) is 6.54 Å². The molecule has 1 saturated heterocycles. The molecule has 4 aromatic rings. The van der Waals surface area contributed by atoms with Crippen molar-refractivity contribution < 1.29 is 0 Å². The molecular formula is C30H38N6. The molecular weight excluding hydrogens is 444 g/mol. The molecule has 0 bridgehead atoms. The van der Waals surface area contributed by atoms with Crippen LogP contribution in [0.2, 0.25) is 0 Å². The molecule has 4 N–H and O–H groups in total. The Balaban J connectivity index is 0.000000967. The van der Waals surface area contributed by atoms with Gasteiger partial charge < -0.3 is 16.0 Å². The summed E-state index contributed by atoms with van der Waals surface area (Å²) < 4.78 is 2.09. The number of hydrogen-bond donors (Lipinski definition) is 2. The Labute approximate surface area is 215 Å². The first kappa shape index (κ1) is 25.8. The highest BCUT2D eigenvalue weighted by Gasteiger charge is 2.22. The van der Waals surface area contributed by atoms with Gasteiger partial charge >= 0.3 is 0 Å². The van der Waals surface area contributed by atoms with Gasteiger partial charge in [0.15, 0.2) is 0 Å². The third-order valence-corrected chi connectivity index (χ3v) is 6.32. The maximum atomic E-state index is 6.32. The number of pyridine rings is 1. The third-order valence-electron chi connectivity index (χ3n) is 6.32. The second kappa shape index (κ2) is 12.1. The highest BCUT2D eigenvalue weighted by Crippen LogP contribution is 2.28. The van der Waals surface area contributed by atoms with E-state index in [9.17, 15) is 0 Å². The number of benzene rings is 2. The van der Waals surface area contributed by atoms with Crippen molar-refractivity contribution in [2.24, 2.45) is 17.4 Å². The van der Waals surface area contributed by atoms with Gasteiger partial charge in [0.05, 0.1) is 17.7 Å². The number of nitrogens with two attached hydrogens (primary N) is 2. The average molecular weight is 483 g/mol. The van der Waals surface area contributed by atoms with Crippen molar-refractivity contribution in [2.75, 3.05) is 19.6 Å². The van der Waals surface area contributed by atoms with Gasteiger partial charge in [-0.2, -0.15) is 0 Å². The van der Waals surface area contributed by atoms with E-state index in [4.69, 9.17) is 16.5 Å². The van der Waals surface area contributed by atoms with Crippen LogP contribution in [0, 0.1) is 12.8 Å². The minimum absolute atomic E-state index is 0.247. The molecule has 36 heavy (non-hydrogen) atoms. The monoisotopic (exact) mass is 482 g/mol. The molecule has 2 aromatic carbocycles. The number of aryl methyl sites for hydroxylation is 1. The molecule has 1 aliphatic rings. The fraction of sp³-hybridized carbons (Fsp3) is 0.333. The van der Waals surface area contributed by atoms with Crippen LogP contribution in [0.5, 0.6) is 0 Å². The molecule has 0 saturated carbocycles. The van der Waals surface area contributed by atoms with Crippen LogP contribution < -0.4 is 11.5 Å². The van der Waals surface area contributed by atoms with Crippen molar-refractivity contribution in [3.63, 3.8) is 0 Å². The Morgan fingerprint density at radius 1 is 0.944 bits per heavy atom. The van der Waals surface area contributed by atoms with E-state index >= 15 is 0 Å². The molecule has 6 heteroatoms. The second-order valence-corrected chi connectivity index (χ2v) is 9.81. The summed E-state index contributed by atoms with van der Waals surface area (Å²) in [6.07, 6.45) is 6.95. The highest BCUT2D eigenvalue weighted by atomic mass is 15.1. The van der Waals surface area contributed by atoms with Gasteiger partial charge in [0.2, 0.25) is 0 Å². The fourth-order valence-corrected chi connectivity index (χ4v) is 4.92. The van der Waals surface area contributed by atoms with Crippen LogP contribution in [-0.4, -0.2) is 45.1 Å². The van der Waals surface area contributed by atoms with Gasteiger partial charge in [-0.25, -0.2) is 4.98 Å². The van der Waals surface area contributed by atoms with E-state index in [0.29, 0.717) is 5.92 Å². The summed E-state index contributed by atoms with van der Waals surface area (Å²) in [7, 11) is 0. The average Bonchev–Trinajstić information content (AvgIpc) is 3.31. The van der Waals surface area contributed by atoms with Gasteiger partial charge in [-0.15, -0.1) is 0 Å². The Morgan fingerprint density at radius 3 is 2.42 bits per heavy atom. The first-order valence-corrected chi connectivity index (χ1v) is 12.8. The normalized spacial score (nSPS) is 17.9. The van der Waals surface area contributed by atoms with Crippen molar-refractivity contribution in [3.8, 4) is 28.1 Å². The maximum absolute atomic E-state index is 6.32. The Bertz CT molecular complexity index is 1240. The zero-order valence-electron chi connectivity index (χ0n) is 21.6. The Kier molecular flexibility index (Phi) is 8.65. The topological polar surface area (TPSA) is 86.0 Å². The second-order valence-electron chi connectivity index (χ2n) is 9.81. The number of rotatable bonds is 5. The number of aromatic nitrogens is 3. The lowest BCUT2D eigenvalue weighted by atomic mass is 9.95. The number of imidazole rings is 1. The van der Waals surface area contributed by atoms with Crippen LogP contribution in [0.25, 0.3) is 28.1 Å². The lowest BCUT2D eigenvalue weighted by Crippen LogP contribution is -2.45. The fourth-order valence-electron chi connectivity index (χ4n) is 4.92. The minimum atomic E-state index is 0.247. The van der Waals surface area contributed by atoms with Gasteiger partial charge in [-0.05, 0) is 72.8 Å². The van der Waals surface area contributed by atoms with E-state index in [1.165, 1.54) is 16.7 Å². The van der Waals surface area contributed by atoms with Crippen molar-refractivity contribution in [1.29, 1.82) is 0 Å². The standard InChI is InChI=1S/C28H31N5.C2H7N/c1-20-10-26(29)18-32(15-20)17-22-11-25(13-27(12-22)33-16-21(2)31-19-33)28-14-24(8-9-30-28)23-6-4-3-5-7-23;1-2-3/h3-9,11-14,16,19-20,26H,10,15,17-18,29H2,1-2H3;2-3H2,1H3. The van der Waals surface area contributed by atoms with Gasteiger partial charge in [0, 0.05) is 49.3 Å². The summed E-state index contributed by atoms with van der Waals surface area (Å²) in [4.78, 5) is 11.6. The maximum Gasteiger partial charge on any atom is 0.0995 e. The molecule has 0 amide bonds. The molecule has 5 rings (SSSR count). The molecule has 6 nitrogen and oxygen atoms in total. The largest absolute Gasteiger partial charge is 0.331 e. The smallest absolute Gasteiger partial charge is 0.0995 e. The van der Waals surface area contributed by atoms with Crippen molar-refractivity contribution >= 4 is 0 Å². The highest BCUT2D eigenvalue weighted by molar-refractivity contribution is 5.71. The van der Waals surface area contributed by atoms with Gasteiger partial charge in [0.1, 0.15) is 0 Å². The Morgan fingerprint density at radius 2 is 1.72 bits per heavy atom. The molecule has 2 unspecified atom stereocenters. The first-order valence-electron chi connectivity index (χ1n) is 12.8. The number of nitrogens with zero attached hydrogens (tertiary/aromatic N) is 4. The van der Waals surface area contributed by atoms with Crippen molar-refractivity contribution in [2.45, 2.75) is 39.8 Å². The number of likely N-dealkylation sites (tertiary alicyclic amines) is 1. The van der Waals surface area contributed by atoms with Crippen LogP contribution in [0.15, 0.2) is 79.4 Å². The van der Waals surface area contributed by atoms with Crippen LogP contribution >= 0.6 is 0 Å². The summed E-state index contributed by atoms with van der Waals surface area (Å²) in [5.74, 6) is 0.622. The SMILES string of the molecule is CCN.Cc1cn(-c2cc(CN3CC(C)CC(N)C3)cc(-c3cc(-c4ccccc4)ccn3)c2)cn1. The van der Waals surface area contributed by atoms with E-state index < -0.39 is 0 Å². The van der Waals surface area contributed by atoms with E-state index in [0.717, 1.165) is 55.2 Å². The molecule has 0 radical (unpaired) electrons. The summed E-state index contributed by atoms with van der Waals surface area (Å²) >= 11 is 0. The van der Waals surface area contributed by atoms with E-state index in [1.54, 1.807) is 0 Å². The molecule has 2 aromatic heterocycles. The minimum Gasteiger partial charge on any atom is -0.331 e. The third kappa shape index (κ3) is 6.66. The summed E-state index contributed by atoms with van der Waals surface area (Å²) in [5.41, 5.74) is 19.0. The zero-order valence-corrected chi connectivity index (χ0v) is 21.6. The van der Waals surface area contributed by atoms with Crippen molar-refractivity contribution in [3.05, 3.63) is 90.6 Å². The van der Waals surface area contributed by atoms with Crippen LogP contribution in [0.3, 0.4) is 0 Å². The number of hydrogen-bond acceptors (Lipinski definition) is 5. The number of piperidine rings is 1. The van der Waals surface area contributed by atoms with Gasteiger partial charge in [-0.3, -0.25) is 9.88 Å². The summed E-state index contributed by atoms with van der Waals surface area (Å²) in [5, 5.41) is 0. The summed E-state index contributed by atoms with van der Waals surface area (Å²) in [6.45, 7) is 9.86. The molecule has 3 heterocycles. The van der Waals surface area contributed by atoms with Gasteiger partial charge in [-0.1, -0.05) is 44.2 Å². The van der Waals surface area contributed by atoms with E-state index in [2.05, 4.69) is 82.2 Å². The molecule has 1 aliphatic heterocycles. The molecule has 188 valence electrons. The zero-order chi connectivity index (χ0) is 25.5. The first-order chi connectivity index (χ1) is 17.4. The molecule has 0 aliphatic carbocycles. The predicted molar refractivity (Wildman–Crippen MR) is 149 cm³/mol. The molecule has 1 fully saturated rings. The predicted octanol–water partition coefficient (Wildman–Crippen LogP) is 5.04. The van der Waals surface area contributed by atoms with Crippen molar-refractivity contribution in [1.82, 2.24) is 19.4 Å². The molecule has 0 spiro atoms. The quantitative estimate of drug-likeness (QED) is 0.416. The molecule has 2 atom stereocenters. The van der Waals surface area contributed by atoms with E-state index in [-0.39, 0.29) is 6.04 Å². The van der Waals surface area contributed by atoms with Crippen LogP contribution in [0.1, 0.15) is 31.5 Å².